The summed E-state index contributed by atoms with van der Waals surface area (Å²) in [7, 11) is -3.67. The van der Waals surface area contributed by atoms with E-state index < -0.39 is 10.1 Å². The summed E-state index contributed by atoms with van der Waals surface area (Å²) in [6.45, 7) is 0. The molecule has 0 spiro atoms. The van der Waals surface area contributed by atoms with Crippen molar-refractivity contribution in [3.63, 3.8) is 0 Å². The second kappa shape index (κ2) is 6.75. The molecule has 0 aliphatic carbocycles. The highest BCUT2D eigenvalue weighted by atomic mass is 32.2. The Kier molecular flexibility index (Phi) is 7.67. The van der Waals surface area contributed by atoms with Crippen LogP contribution in [0.4, 0.5) is 4.70 Å². The van der Waals surface area contributed by atoms with Gasteiger partial charge in [-0.3, -0.25) is 9.26 Å². The molecule has 0 fully saturated rings. The molecule has 12 heavy (non-hydrogen) atoms. The van der Waals surface area contributed by atoms with Gasteiger partial charge in [0.2, 0.25) is 0 Å². The molecule has 0 unspecified atom stereocenters. The maximum Gasteiger partial charge on any atom is 0.261 e. The van der Waals surface area contributed by atoms with E-state index in [4.69, 9.17) is 4.55 Å². The fourth-order valence-electron chi connectivity index (χ4n) is 0.385. The lowest BCUT2D eigenvalue weighted by molar-refractivity contribution is 0.490. The van der Waals surface area contributed by atoms with Crippen LogP contribution in [0.2, 0.25) is 0 Å². The number of hydrogen-bond donors (Lipinski definition) is 1. The minimum Gasteiger partial charge on any atom is -0.286 e. The normalized spacial score (nSPS) is 8.83. The molecule has 0 radical (unpaired) electrons. The van der Waals surface area contributed by atoms with Crippen LogP contribution in [0.25, 0.3) is 0 Å². The molecule has 1 aromatic rings. The van der Waals surface area contributed by atoms with Crippen molar-refractivity contribution in [3.05, 3.63) is 36.4 Å². The molecule has 1 aromatic carbocycles. The average molecular weight is 194 g/mol. The lowest BCUT2D eigenvalue weighted by Crippen LogP contribution is -1.88. The largest absolute Gasteiger partial charge is 0.286 e. The highest BCUT2D eigenvalue weighted by Crippen LogP contribution is 1.79. The number of hydrogen-bond acceptors (Lipinski definition) is 2. The van der Waals surface area contributed by atoms with Crippen molar-refractivity contribution in [2.45, 2.75) is 0 Å². The van der Waals surface area contributed by atoms with E-state index in [0.29, 0.717) is 6.26 Å². The number of halogens is 1. The maximum atomic E-state index is 9.19. The molecule has 0 aromatic heterocycles. The third-order valence-corrected chi connectivity index (χ3v) is 0.667. The van der Waals surface area contributed by atoms with E-state index in [-0.39, 0.29) is 4.70 Å². The highest BCUT2D eigenvalue weighted by molar-refractivity contribution is 7.85. The Morgan fingerprint density at radius 3 is 1.08 bits per heavy atom. The summed E-state index contributed by atoms with van der Waals surface area (Å²) in [5.41, 5.74) is 0. The SMILES string of the molecule is CS(=O)(=O)O.F.c1ccccc1. The minimum atomic E-state index is -3.67. The number of benzene rings is 1. The summed E-state index contributed by atoms with van der Waals surface area (Å²) in [4.78, 5) is 0. The van der Waals surface area contributed by atoms with Gasteiger partial charge in [0.15, 0.2) is 0 Å². The number of rotatable bonds is 0. The molecule has 1 N–H and O–H groups in total. The van der Waals surface area contributed by atoms with Crippen LogP contribution in [0, 0.1) is 0 Å². The van der Waals surface area contributed by atoms with Gasteiger partial charge in [-0.1, -0.05) is 36.4 Å². The van der Waals surface area contributed by atoms with E-state index in [1.807, 2.05) is 36.4 Å². The maximum absolute atomic E-state index is 9.19. The Bertz CT molecular complexity index is 235. The summed E-state index contributed by atoms with van der Waals surface area (Å²) < 4.78 is 25.9. The second-order valence-electron chi connectivity index (χ2n) is 1.89. The van der Waals surface area contributed by atoms with E-state index in [0.717, 1.165) is 0 Å². The van der Waals surface area contributed by atoms with Gasteiger partial charge in [-0.25, -0.2) is 0 Å². The molecule has 3 nitrogen and oxygen atoms in total. The monoisotopic (exact) mass is 194 g/mol. The fraction of sp³-hybridized carbons (Fsp3) is 0.143. The van der Waals surface area contributed by atoms with Crippen molar-refractivity contribution in [3.8, 4) is 0 Å². The molecular weight excluding hydrogens is 183 g/mol. The molecule has 0 saturated heterocycles. The van der Waals surface area contributed by atoms with Crippen LogP contribution in [0.5, 0.6) is 0 Å². The van der Waals surface area contributed by atoms with Gasteiger partial charge in [-0.15, -0.1) is 0 Å². The predicted octanol–water partition coefficient (Wildman–Crippen LogP) is 1.34. The van der Waals surface area contributed by atoms with Crippen molar-refractivity contribution in [1.29, 1.82) is 0 Å². The van der Waals surface area contributed by atoms with Gasteiger partial charge < -0.3 is 0 Å². The lowest BCUT2D eigenvalue weighted by Gasteiger charge is -1.69. The molecule has 0 atom stereocenters. The van der Waals surface area contributed by atoms with Gasteiger partial charge in [0.25, 0.3) is 10.1 Å². The van der Waals surface area contributed by atoms with E-state index in [1.54, 1.807) is 0 Å². The molecule has 0 aliphatic heterocycles. The van der Waals surface area contributed by atoms with Gasteiger partial charge in [-0.05, 0) is 0 Å². The zero-order valence-corrected chi connectivity index (χ0v) is 7.36. The van der Waals surface area contributed by atoms with Gasteiger partial charge >= 0.3 is 0 Å². The Morgan fingerprint density at radius 2 is 1.00 bits per heavy atom. The van der Waals surface area contributed by atoms with E-state index in [9.17, 15) is 8.42 Å². The average Bonchev–Trinajstić information content (AvgIpc) is 1.88. The summed E-state index contributed by atoms with van der Waals surface area (Å²) in [6.07, 6.45) is 0.715. The van der Waals surface area contributed by atoms with Crippen LogP contribution in [-0.4, -0.2) is 19.2 Å². The first kappa shape index (κ1) is 13.6. The van der Waals surface area contributed by atoms with Crippen molar-refractivity contribution >= 4 is 10.1 Å². The molecule has 70 valence electrons. The summed E-state index contributed by atoms with van der Waals surface area (Å²) in [5.74, 6) is 0. The third-order valence-electron chi connectivity index (χ3n) is 0.667. The van der Waals surface area contributed by atoms with Crippen LogP contribution in [0.1, 0.15) is 0 Å². The van der Waals surface area contributed by atoms with Crippen LogP contribution in [-0.2, 0) is 10.1 Å². The molecule has 0 aliphatic rings. The van der Waals surface area contributed by atoms with Crippen LogP contribution >= 0.6 is 0 Å². The van der Waals surface area contributed by atoms with Crippen LogP contribution < -0.4 is 0 Å². The molecular formula is C7H11FO3S. The zero-order chi connectivity index (χ0) is 8.74. The second-order valence-corrected chi connectivity index (χ2v) is 3.35. The standard InChI is InChI=1S/C6H6.CH4O3S.FH/c1-2-4-6-5-3-1;1-5(2,3)4;/h1-6H;1H3,(H,2,3,4);1H. The minimum absolute atomic E-state index is 0. The fourth-order valence-corrected chi connectivity index (χ4v) is 0.385. The molecule has 5 heteroatoms. The van der Waals surface area contributed by atoms with Crippen LogP contribution in [0.15, 0.2) is 36.4 Å². The van der Waals surface area contributed by atoms with Gasteiger partial charge in [-0.2, -0.15) is 8.42 Å². The Hall–Kier alpha value is -0.940. The Balaban J connectivity index is 0. The Morgan fingerprint density at radius 1 is 0.917 bits per heavy atom. The lowest BCUT2D eigenvalue weighted by atomic mass is 10.4. The molecule has 0 heterocycles. The summed E-state index contributed by atoms with van der Waals surface area (Å²) in [6, 6.07) is 12.0. The first-order valence-corrected chi connectivity index (χ1v) is 4.77. The molecule has 0 saturated carbocycles. The van der Waals surface area contributed by atoms with Crippen molar-refractivity contribution in [2.75, 3.05) is 6.26 Å². The van der Waals surface area contributed by atoms with E-state index in [1.165, 1.54) is 0 Å². The highest BCUT2D eigenvalue weighted by Gasteiger charge is 1.81. The Labute approximate surface area is 71.2 Å². The van der Waals surface area contributed by atoms with E-state index >= 15 is 0 Å². The molecule has 0 amide bonds. The molecule has 1 rings (SSSR count). The van der Waals surface area contributed by atoms with Crippen molar-refractivity contribution in [2.24, 2.45) is 0 Å². The van der Waals surface area contributed by atoms with E-state index in [2.05, 4.69) is 0 Å². The zero-order valence-electron chi connectivity index (χ0n) is 6.54. The predicted molar refractivity (Wildman–Crippen MR) is 46.4 cm³/mol. The van der Waals surface area contributed by atoms with Gasteiger partial charge in [0, 0.05) is 0 Å². The smallest absolute Gasteiger partial charge is 0.261 e. The first-order chi connectivity index (χ1) is 5.00. The summed E-state index contributed by atoms with van der Waals surface area (Å²) >= 11 is 0. The quantitative estimate of drug-likeness (QED) is 0.634. The third kappa shape index (κ3) is 23.0. The van der Waals surface area contributed by atoms with Crippen LogP contribution in [0.3, 0.4) is 0 Å². The topological polar surface area (TPSA) is 54.4 Å². The van der Waals surface area contributed by atoms with Crippen molar-refractivity contribution in [1.82, 2.24) is 0 Å². The summed E-state index contributed by atoms with van der Waals surface area (Å²) in [5, 5.41) is 0. The molecule has 0 bridgehead atoms. The van der Waals surface area contributed by atoms with Gasteiger partial charge in [0.05, 0.1) is 6.26 Å². The first-order valence-electron chi connectivity index (χ1n) is 2.92. The van der Waals surface area contributed by atoms with Gasteiger partial charge in [0.1, 0.15) is 0 Å². The van der Waals surface area contributed by atoms with Crippen molar-refractivity contribution < 1.29 is 17.7 Å².